The van der Waals surface area contributed by atoms with E-state index in [0.29, 0.717) is 19.3 Å². The molecule has 1 aliphatic heterocycles. The number of likely N-dealkylation sites (tertiary alicyclic amines) is 1. The minimum absolute atomic E-state index is 0.157. The molecule has 22 heavy (non-hydrogen) atoms. The molecule has 5 nitrogen and oxygen atoms in total. The Balaban J connectivity index is 1.81. The van der Waals surface area contributed by atoms with Gasteiger partial charge in [-0.1, -0.05) is 26.0 Å². The van der Waals surface area contributed by atoms with E-state index in [-0.39, 0.29) is 41.5 Å². The highest BCUT2D eigenvalue weighted by molar-refractivity contribution is 6.08. The fraction of sp³-hybridized carbons (Fsp3) is 0.706. The molecular weight excluding hydrogens is 280 g/mol. The monoisotopic (exact) mass is 304 g/mol. The van der Waals surface area contributed by atoms with Crippen LogP contribution in [0.2, 0.25) is 0 Å². The molecule has 0 bridgehead atoms. The van der Waals surface area contributed by atoms with Crippen molar-refractivity contribution in [2.45, 2.75) is 58.0 Å². The fourth-order valence-corrected chi connectivity index (χ4v) is 3.43. The molecule has 3 amide bonds. The van der Waals surface area contributed by atoms with Crippen LogP contribution in [0.25, 0.3) is 0 Å². The summed E-state index contributed by atoms with van der Waals surface area (Å²) in [5.74, 6) is -0.755. The predicted octanol–water partition coefficient (Wildman–Crippen LogP) is 1.63. The third kappa shape index (κ3) is 2.81. The van der Waals surface area contributed by atoms with Crippen molar-refractivity contribution < 1.29 is 14.4 Å². The Morgan fingerprint density at radius 2 is 1.73 bits per heavy atom. The van der Waals surface area contributed by atoms with Crippen molar-refractivity contribution in [1.82, 2.24) is 10.2 Å². The highest BCUT2D eigenvalue weighted by Gasteiger charge is 2.51. The number of hydrogen-bond acceptors (Lipinski definition) is 3. The van der Waals surface area contributed by atoms with Gasteiger partial charge in [0.1, 0.15) is 6.04 Å². The molecule has 0 aromatic rings. The fourth-order valence-electron chi connectivity index (χ4n) is 3.43. The highest BCUT2D eigenvalue weighted by atomic mass is 16.2. The second kappa shape index (κ2) is 5.86. The van der Waals surface area contributed by atoms with Gasteiger partial charge in [0.25, 0.3) is 0 Å². The van der Waals surface area contributed by atoms with E-state index >= 15 is 0 Å². The highest BCUT2D eigenvalue weighted by Crippen LogP contribution is 2.37. The lowest BCUT2D eigenvalue weighted by atomic mass is 9.85. The molecule has 0 spiro atoms. The number of allylic oxidation sites excluding steroid dienone is 2. The summed E-state index contributed by atoms with van der Waals surface area (Å²) in [4.78, 5) is 39.2. The molecule has 1 N–H and O–H groups in total. The van der Waals surface area contributed by atoms with Crippen LogP contribution in [0.1, 0.15) is 46.0 Å². The standard InChI is InChI=1S/C17H24N2O3/c1-10(2)9-14(15(20)18-11-7-8-11)19-16(21)12-5-3-4-6-13(12)17(19)22/h3-4,10-14H,5-9H2,1-2H3,(H,18,20)/t12-,13-,14+/m0/s1. The van der Waals surface area contributed by atoms with Crippen molar-refractivity contribution in [3.63, 3.8) is 0 Å². The van der Waals surface area contributed by atoms with Crippen molar-refractivity contribution in [3.8, 4) is 0 Å². The Morgan fingerprint density at radius 3 is 2.18 bits per heavy atom. The lowest BCUT2D eigenvalue weighted by Gasteiger charge is -2.27. The summed E-state index contributed by atoms with van der Waals surface area (Å²) < 4.78 is 0. The predicted molar refractivity (Wildman–Crippen MR) is 81.6 cm³/mol. The molecular formula is C17H24N2O3. The van der Waals surface area contributed by atoms with Gasteiger partial charge in [0.15, 0.2) is 0 Å². The van der Waals surface area contributed by atoms with E-state index in [9.17, 15) is 14.4 Å². The summed E-state index contributed by atoms with van der Waals surface area (Å²) in [5, 5.41) is 2.96. The van der Waals surface area contributed by atoms with E-state index in [4.69, 9.17) is 0 Å². The van der Waals surface area contributed by atoms with Crippen LogP contribution in [0, 0.1) is 17.8 Å². The summed E-state index contributed by atoms with van der Waals surface area (Å²) >= 11 is 0. The molecule has 5 heteroatoms. The topological polar surface area (TPSA) is 66.5 Å². The molecule has 1 saturated carbocycles. The third-order valence-electron chi connectivity index (χ3n) is 4.77. The first-order valence-corrected chi connectivity index (χ1v) is 8.31. The molecule has 1 heterocycles. The van der Waals surface area contributed by atoms with Crippen molar-refractivity contribution in [1.29, 1.82) is 0 Å². The van der Waals surface area contributed by atoms with Gasteiger partial charge in [0.2, 0.25) is 17.7 Å². The van der Waals surface area contributed by atoms with Crippen molar-refractivity contribution in [2.75, 3.05) is 0 Å². The molecule has 3 aliphatic rings. The van der Waals surface area contributed by atoms with E-state index in [1.165, 1.54) is 4.90 Å². The van der Waals surface area contributed by atoms with Crippen LogP contribution in [0.5, 0.6) is 0 Å². The van der Waals surface area contributed by atoms with Gasteiger partial charge < -0.3 is 5.32 Å². The van der Waals surface area contributed by atoms with Crippen LogP contribution in [0.15, 0.2) is 12.2 Å². The Bertz CT molecular complexity index is 496. The molecule has 3 atom stereocenters. The van der Waals surface area contributed by atoms with Crippen molar-refractivity contribution in [3.05, 3.63) is 12.2 Å². The molecule has 1 saturated heterocycles. The first-order valence-electron chi connectivity index (χ1n) is 8.31. The van der Waals surface area contributed by atoms with E-state index in [1.54, 1.807) is 0 Å². The van der Waals surface area contributed by atoms with Gasteiger partial charge >= 0.3 is 0 Å². The zero-order valence-electron chi connectivity index (χ0n) is 13.2. The van der Waals surface area contributed by atoms with Crippen LogP contribution in [-0.2, 0) is 14.4 Å². The lowest BCUT2D eigenvalue weighted by Crippen LogP contribution is -2.51. The minimum Gasteiger partial charge on any atom is -0.352 e. The van der Waals surface area contributed by atoms with Gasteiger partial charge in [0, 0.05) is 6.04 Å². The van der Waals surface area contributed by atoms with Crippen LogP contribution in [-0.4, -0.2) is 34.7 Å². The molecule has 0 aromatic heterocycles. The maximum absolute atomic E-state index is 12.7. The summed E-state index contributed by atoms with van der Waals surface area (Å²) in [5.41, 5.74) is 0. The summed E-state index contributed by atoms with van der Waals surface area (Å²) in [6.45, 7) is 4.02. The van der Waals surface area contributed by atoms with E-state index in [2.05, 4.69) is 5.32 Å². The second-order valence-electron chi connectivity index (χ2n) is 7.13. The van der Waals surface area contributed by atoms with E-state index < -0.39 is 6.04 Å². The Hall–Kier alpha value is -1.65. The van der Waals surface area contributed by atoms with Crippen LogP contribution < -0.4 is 5.32 Å². The maximum Gasteiger partial charge on any atom is 0.243 e. The van der Waals surface area contributed by atoms with Crippen molar-refractivity contribution >= 4 is 17.7 Å². The van der Waals surface area contributed by atoms with Crippen molar-refractivity contribution in [2.24, 2.45) is 17.8 Å². The average Bonchev–Trinajstić information content (AvgIpc) is 3.25. The number of nitrogens with one attached hydrogen (secondary N) is 1. The quantitative estimate of drug-likeness (QED) is 0.620. The molecule has 120 valence electrons. The first-order chi connectivity index (χ1) is 10.5. The number of carbonyl (C=O) groups is 3. The Labute approximate surface area is 131 Å². The summed E-state index contributed by atoms with van der Waals surface area (Å²) in [6, 6.07) is -0.412. The van der Waals surface area contributed by atoms with E-state index in [1.807, 2.05) is 26.0 Å². The van der Waals surface area contributed by atoms with Gasteiger partial charge in [-0.3, -0.25) is 19.3 Å². The first kappa shape index (κ1) is 15.3. The summed E-state index contributed by atoms with van der Waals surface area (Å²) in [7, 11) is 0. The average molecular weight is 304 g/mol. The molecule has 0 radical (unpaired) electrons. The minimum atomic E-state index is -0.647. The number of imide groups is 1. The normalized spacial score (nSPS) is 29.0. The van der Waals surface area contributed by atoms with Gasteiger partial charge in [-0.2, -0.15) is 0 Å². The largest absolute Gasteiger partial charge is 0.352 e. The molecule has 2 fully saturated rings. The van der Waals surface area contributed by atoms with E-state index in [0.717, 1.165) is 12.8 Å². The second-order valence-corrected chi connectivity index (χ2v) is 7.13. The van der Waals surface area contributed by atoms with Gasteiger partial charge in [-0.25, -0.2) is 0 Å². The third-order valence-corrected chi connectivity index (χ3v) is 4.77. The smallest absolute Gasteiger partial charge is 0.243 e. The Morgan fingerprint density at radius 1 is 1.18 bits per heavy atom. The molecule has 0 aromatic carbocycles. The number of rotatable bonds is 5. The van der Waals surface area contributed by atoms with Crippen LogP contribution in [0.4, 0.5) is 0 Å². The van der Waals surface area contributed by atoms with Gasteiger partial charge in [0.05, 0.1) is 11.8 Å². The Kier molecular flexibility index (Phi) is 4.06. The van der Waals surface area contributed by atoms with Crippen LogP contribution in [0.3, 0.4) is 0 Å². The number of nitrogens with zero attached hydrogens (tertiary/aromatic N) is 1. The summed E-state index contributed by atoms with van der Waals surface area (Å²) in [6.07, 6.45) is 7.70. The number of carbonyl (C=O) groups excluding carboxylic acids is 3. The van der Waals surface area contributed by atoms with Gasteiger partial charge in [-0.15, -0.1) is 0 Å². The number of amides is 3. The number of fused-ring (bicyclic) bond motifs is 1. The van der Waals surface area contributed by atoms with Crippen LogP contribution >= 0.6 is 0 Å². The number of hydrogen-bond donors (Lipinski definition) is 1. The zero-order valence-corrected chi connectivity index (χ0v) is 13.2. The SMILES string of the molecule is CC(C)C[C@H](C(=O)NC1CC1)N1C(=O)[C@H]2CC=CC[C@@H]2C1=O. The molecule has 0 unspecified atom stereocenters. The molecule has 3 rings (SSSR count). The maximum atomic E-state index is 12.7. The zero-order chi connectivity index (χ0) is 15.9. The van der Waals surface area contributed by atoms with Gasteiger partial charge in [-0.05, 0) is 38.0 Å². The molecule has 2 aliphatic carbocycles. The lowest BCUT2D eigenvalue weighted by molar-refractivity contribution is -0.148.